The minimum absolute atomic E-state index is 0.0799. The summed E-state index contributed by atoms with van der Waals surface area (Å²) in [5.74, 6) is 1.15. The fourth-order valence-electron chi connectivity index (χ4n) is 3.34. The van der Waals surface area contributed by atoms with E-state index in [1.165, 1.54) is 0 Å². The Hall–Kier alpha value is -2.99. The Bertz CT molecular complexity index is 1030. The Labute approximate surface area is 174 Å². The van der Waals surface area contributed by atoms with E-state index in [9.17, 15) is 9.59 Å². The maximum Gasteiger partial charge on any atom is 0.255 e. The SMILES string of the molecule is Cc1ccc(C)c(NC(=O)c2ccc([C@H]3SCC(=O)N3Cc3ccco3)cc2)c1. The molecule has 1 fully saturated rings. The van der Waals surface area contributed by atoms with Crippen LogP contribution in [0.25, 0.3) is 0 Å². The summed E-state index contributed by atoms with van der Waals surface area (Å²) in [7, 11) is 0. The zero-order valence-electron chi connectivity index (χ0n) is 16.3. The van der Waals surface area contributed by atoms with Crippen molar-refractivity contribution < 1.29 is 14.0 Å². The Morgan fingerprint density at radius 3 is 2.69 bits per heavy atom. The minimum Gasteiger partial charge on any atom is -0.467 e. The van der Waals surface area contributed by atoms with Crippen LogP contribution in [0.1, 0.15) is 38.2 Å². The van der Waals surface area contributed by atoms with Gasteiger partial charge in [0.2, 0.25) is 5.91 Å². The molecule has 2 amide bonds. The molecule has 5 nitrogen and oxygen atoms in total. The van der Waals surface area contributed by atoms with Crippen molar-refractivity contribution in [3.63, 3.8) is 0 Å². The Morgan fingerprint density at radius 2 is 1.97 bits per heavy atom. The van der Waals surface area contributed by atoms with Gasteiger partial charge in [-0.1, -0.05) is 24.3 Å². The number of thioether (sulfide) groups is 1. The van der Waals surface area contributed by atoms with Gasteiger partial charge in [-0.25, -0.2) is 0 Å². The van der Waals surface area contributed by atoms with E-state index in [2.05, 4.69) is 5.32 Å². The summed E-state index contributed by atoms with van der Waals surface area (Å²) < 4.78 is 5.40. The van der Waals surface area contributed by atoms with Crippen molar-refractivity contribution in [2.24, 2.45) is 0 Å². The van der Waals surface area contributed by atoms with Crippen molar-refractivity contribution in [1.82, 2.24) is 4.90 Å². The van der Waals surface area contributed by atoms with E-state index >= 15 is 0 Å². The molecule has 1 aromatic heterocycles. The molecule has 0 unspecified atom stereocenters. The molecule has 1 N–H and O–H groups in total. The highest BCUT2D eigenvalue weighted by atomic mass is 32.2. The Morgan fingerprint density at radius 1 is 1.17 bits per heavy atom. The van der Waals surface area contributed by atoms with Gasteiger partial charge >= 0.3 is 0 Å². The lowest BCUT2D eigenvalue weighted by molar-refractivity contribution is -0.128. The molecule has 2 heterocycles. The number of anilines is 1. The van der Waals surface area contributed by atoms with Crippen LogP contribution in [-0.2, 0) is 11.3 Å². The average Bonchev–Trinajstić information content (AvgIpc) is 3.36. The predicted octanol–water partition coefficient (Wildman–Crippen LogP) is 4.92. The number of aryl methyl sites for hydroxylation is 2. The summed E-state index contributed by atoms with van der Waals surface area (Å²) in [6, 6.07) is 17.1. The molecule has 3 aromatic rings. The summed E-state index contributed by atoms with van der Waals surface area (Å²) >= 11 is 1.59. The quantitative estimate of drug-likeness (QED) is 0.653. The largest absolute Gasteiger partial charge is 0.467 e. The van der Waals surface area contributed by atoms with E-state index in [1.807, 2.05) is 73.3 Å². The first kappa shape index (κ1) is 19.3. The first-order chi connectivity index (χ1) is 14.0. The third-order valence-corrected chi connectivity index (χ3v) is 6.23. The fourth-order valence-corrected chi connectivity index (χ4v) is 4.52. The third kappa shape index (κ3) is 4.22. The molecular weight excluding hydrogens is 384 g/mol. The average molecular weight is 407 g/mol. The predicted molar refractivity (Wildman–Crippen MR) is 115 cm³/mol. The molecule has 1 aliphatic heterocycles. The molecule has 29 heavy (non-hydrogen) atoms. The number of amides is 2. The lowest BCUT2D eigenvalue weighted by Gasteiger charge is -2.23. The minimum atomic E-state index is -0.146. The lowest BCUT2D eigenvalue weighted by Crippen LogP contribution is -2.27. The number of furan rings is 1. The van der Waals surface area contributed by atoms with Crippen LogP contribution < -0.4 is 5.32 Å². The van der Waals surface area contributed by atoms with Gasteiger partial charge in [0.05, 0.1) is 18.6 Å². The van der Waals surface area contributed by atoms with Crippen LogP contribution in [0.5, 0.6) is 0 Å². The first-order valence-corrected chi connectivity index (χ1v) is 10.5. The molecule has 4 rings (SSSR count). The van der Waals surface area contributed by atoms with Gasteiger partial charge in [-0.05, 0) is 60.9 Å². The number of carbonyl (C=O) groups excluding carboxylic acids is 2. The highest BCUT2D eigenvalue weighted by molar-refractivity contribution is 8.00. The van der Waals surface area contributed by atoms with Crippen LogP contribution in [0.4, 0.5) is 5.69 Å². The van der Waals surface area contributed by atoms with Gasteiger partial charge in [0.1, 0.15) is 11.1 Å². The van der Waals surface area contributed by atoms with Crippen molar-refractivity contribution in [2.75, 3.05) is 11.1 Å². The van der Waals surface area contributed by atoms with Gasteiger partial charge in [-0.15, -0.1) is 11.8 Å². The Balaban J connectivity index is 1.49. The summed E-state index contributed by atoms with van der Waals surface area (Å²) in [6.07, 6.45) is 1.61. The monoisotopic (exact) mass is 406 g/mol. The van der Waals surface area contributed by atoms with Crippen LogP contribution in [0.15, 0.2) is 65.3 Å². The standard InChI is InChI=1S/C23H22N2O3S/c1-15-5-6-16(2)20(12-15)24-22(27)17-7-9-18(10-8-17)23-25(21(26)14-29-23)13-19-4-3-11-28-19/h3-12,23H,13-14H2,1-2H3,(H,24,27)/t23-/m1/s1. The molecule has 0 saturated carbocycles. The lowest BCUT2D eigenvalue weighted by atomic mass is 10.1. The second-order valence-corrected chi connectivity index (χ2v) is 8.23. The first-order valence-electron chi connectivity index (χ1n) is 9.43. The molecule has 148 valence electrons. The van der Waals surface area contributed by atoms with Crippen LogP contribution in [0.2, 0.25) is 0 Å². The summed E-state index contributed by atoms with van der Waals surface area (Å²) in [4.78, 5) is 26.8. The smallest absolute Gasteiger partial charge is 0.255 e. The van der Waals surface area contributed by atoms with Gasteiger partial charge < -0.3 is 14.6 Å². The highest BCUT2D eigenvalue weighted by Crippen LogP contribution is 2.39. The molecule has 0 bridgehead atoms. The van der Waals surface area contributed by atoms with E-state index in [0.717, 1.165) is 28.1 Å². The molecule has 0 aliphatic carbocycles. The number of carbonyl (C=O) groups is 2. The maximum absolute atomic E-state index is 12.6. The van der Waals surface area contributed by atoms with E-state index in [1.54, 1.807) is 18.0 Å². The zero-order valence-corrected chi connectivity index (χ0v) is 17.2. The van der Waals surface area contributed by atoms with Crippen LogP contribution in [-0.4, -0.2) is 22.5 Å². The zero-order chi connectivity index (χ0) is 20.4. The van der Waals surface area contributed by atoms with Crippen molar-refractivity contribution >= 4 is 29.3 Å². The Kier molecular flexibility index (Phi) is 5.45. The van der Waals surface area contributed by atoms with Crippen molar-refractivity contribution in [1.29, 1.82) is 0 Å². The second kappa shape index (κ2) is 8.17. The maximum atomic E-state index is 12.6. The van der Waals surface area contributed by atoms with Crippen LogP contribution >= 0.6 is 11.8 Å². The molecular formula is C23H22N2O3S. The van der Waals surface area contributed by atoms with Crippen molar-refractivity contribution in [3.8, 4) is 0 Å². The number of nitrogens with one attached hydrogen (secondary N) is 1. The fraction of sp³-hybridized carbons (Fsp3) is 0.217. The summed E-state index contributed by atoms with van der Waals surface area (Å²) in [5.41, 5.74) is 4.52. The van der Waals surface area contributed by atoms with Crippen molar-refractivity contribution in [3.05, 3.63) is 88.9 Å². The molecule has 0 spiro atoms. The molecule has 1 saturated heterocycles. The number of hydrogen-bond acceptors (Lipinski definition) is 4. The van der Waals surface area contributed by atoms with E-state index in [0.29, 0.717) is 17.9 Å². The van der Waals surface area contributed by atoms with Gasteiger partial charge in [0.25, 0.3) is 5.91 Å². The van der Waals surface area contributed by atoms with Crippen LogP contribution in [0, 0.1) is 13.8 Å². The summed E-state index contributed by atoms with van der Waals surface area (Å²) in [6.45, 7) is 4.41. The normalized spacial score (nSPS) is 16.3. The number of rotatable bonds is 5. The highest BCUT2D eigenvalue weighted by Gasteiger charge is 2.33. The number of benzene rings is 2. The topological polar surface area (TPSA) is 62.6 Å². The number of hydrogen-bond donors (Lipinski definition) is 1. The molecule has 2 aromatic carbocycles. The molecule has 1 atom stereocenters. The summed E-state index contributed by atoms with van der Waals surface area (Å²) in [5, 5.41) is 2.90. The van der Waals surface area contributed by atoms with Gasteiger partial charge in [0, 0.05) is 11.3 Å². The van der Waals surface area contributed by atoms with Crippen LogP contribution in [0.3, 0.4) is 0 Å². The van der Waals surface area contributed by atoms with E-state index < -0.39 is 0 Å². The molecule has 1 aliphatic rings. The van der Waals surface area contributed by atoms with E-state index in [4.69, 9.17) is 4.42 Å². The molecule has 6 heteroatoms. The van der Waals surface area contributed by atoms with E-state index in [-0.39, 0.29) is 17.2 Å². The third-order valence-electron chi connectivity index (χ3n) is 4.97. The van der Waals surface area contributed by atoms with Gasteiger partial charge in [-0.3, -0.25) is 9.59 Å². The molecule has 0 radical (unpaired) electrons. The number of nitrogens with zero attached hydrogens (tertiary/aromatic N) is 1. The second-order valence-electron chi connectivity index (χ2n) is 7.16. The van der Waals surface area contributed by atoms with Gasteiger partial charge in [-0.2, -0.15) is 0 Å². The van der Waals surface area contributed by atoms with Crippen molar-refractivity contribution in [2.45, 2.75) is 25.8 Å². The van der Waals surface area contributed by atoms with Gasteiger partial charge in [0.15, 0.2) is 0 Å².